The Hall–Kier alpha value is -4.74. The highest BCUT2D eigenvalue weighted by Gasteiger charge is 2.48. The SMILES string of the molecule is Cc1ccccc1[C@@H](C(=O)NC1CC(F)(F)C1)N(C(=O)[C@@H]1CCC(=O)N1c1cc(C#N)ccn1)c1cccc(S(N)(=O)=O)c1. The third-order valence-electron chi connectivity index (χ3n) is 7.71. The number of sulfonamides is 1. The van der Waals surface area contributed by atoms with E-state index in [2.05, 4.69) is 10.3 Å². The number of nitriles is 1. The average Bonchev–Trinajstić information content (AvgIpc) is 3.36. The van der Waals surface area contributed by atoms with Gasteiger partial charge in [-0.3, -0.25) is 24.2 Å². The minimum Gasteiger partial charge on any atom is -0.351 e. The number of hydrogen-bond donors (Lipinski definition) is 2. The maximum Gasteiger partial charge on any atom is 0.252 e. The number of nitrogens with zero attached hydrogens (tertiary/aromatic N) is 4. The lowest BCUT2D eigenvalue weighted by Crippen LogP contribution is -2.56. The van der Waals surface area contributed by atoms with Gasteiger partial charge in [0.2, 0.25) is 21.8 Å². The van der Waals surface area contributed by atoms with Gasteiger partial charge in [0.15, 0.2) is 0 Å². The number of primary sulfonamides is 1. The lowest BCUT2D eigenvalue weighted by atomic mass is 9.87. The van der Waals surface area contributed by atoms with E-state index in [1.807, 2.05) is 6.07 Å². The molecule has 1 aliphatic carbocycles. The zero-order valence-corrected chi connectivity index (χ0v) is 24.3. The molecule has 2 fully saturated rings. The van der Waals surface area contributed by atoms with Gasteiger partial charge in [-0.25, -0.2) is 27.3 Å². The average molecular weight is 623 g/mol. The maximum atomic E-state index is 14.7. The molecule has 5 rings (SSSR count). The summed E-state index contributed by atoms with van der Waals surface area (Å²) in [7, 11) is -4.25. The van der Waals surface area contributed by atoms with E-state index in [9.17, 15) is 36.8 Å². The Morgan fingerprint density at radius 3 is 2.55 bits per heavy atom. The van der Waals surface area contributed by atoms with E-state index in [-0.39, 0.29) is 34.8 Å². The van der Waals surface area contributed by atoms with Crippen molar-refractivity contribution in [1.82, 2.24) is 10.3 Å². The highest BCUT2D eigenvalue weighted by atomic mass is 32.2. The molecule has 1 saturated carbocycles. The highest BCUT2D eigenvalue weighted by Crippen LogP contribution is 2.39. The third-order valence-corrected chi connectivity index (χ3v) is 8.62. The van der Waals surface area contributed by atoms with E-state index < -0.39 is 64.6 Å². The first-order valence-corrected chi connectivity index (χ1v) is 15.2. The number of carbonyl (C=O) groups excluding carboxylic acids is 3. The van der Waals surface area contributed by atoms with Crippen molar-refractivity contribution in [2.75, 3.05) is 9.80 Å². The normalized spacial score (nSPS) is 18.7. The number of rotatable bonds is 8. The molecule has 0 spiro atoms. The van der Waals surface area contributed by atoms with Crippen LogP contribution in [0.1, 0.15) is 48.4 Å². The van der Waals surface area contributed by atoms with Gasteiger partial charge in [-0.05, 0) is 54.8 Å². The van der Waals surface area contributed by atoms with Gasteiger partial charge in [0, 0.05) is 37.2 Å². The van der Waals surface area contributed by atoms with Crippen molar-refractivity contribution < 1.29 is 31.6 Å². The van der Waals surface area contributed by atoms with Gasteiger partial charge in [0.05, 0.1) is 16.5 Å². The second-order valence-electron chi connectivity index (χ2n) is 10.8. The predicted molar refractivity (Wildman–Crippen MR) is 155 cm³/mol. The van der Waals surface area contributed by atoms with Gasteiger partial charge in [-0.2, -0.15) is 5.26 Å². The Morgan fingerprint density at radius 1 is 1.16 bits per heavy atom. The number of benzene rings is 2. The van der Waals surface area contributed by atoms with Crippen LogP contribution in [-0.2, 0) is 24.4 Å². The molecule has 0 radical (unpaired) electrons. The van der Waals surface area contributed by atoms with E-state index in [1.54, 1.807) is 31.2 Å². The molecule has 2 heterocycles. The number of amides is 3. The topological polar surface area (TPSA) is 167 Å². The summed E-state index contributed by atoms with van der Waals surface area (Å²) in [5, 5.41) is 17.4. The molecule has 0 unspecified atom stereocenters. The van der Waals surface area contributed by atoms with Crippen molar-refractivity contribution >= 4 is 39.3 Å². The zero-order chi connectivity index (χ0) is 31.8. The standard InChI is InChI=1S/C30H28F2N6O5S/c1-18-5-2-3-8-23(18)27(28(40)36-20-15-30(31,32)16-20)37(21-6-4-7-22(14-21)44(34,42)43)29(41)24-9-10-26(39)38(24)25-13-19(17-33)11-12-35-25/h2-8,11-14,20,24,27H,9-10,15-16H2,1H3,(H,36,40)(H2,34,42,43)/t24-,27-/m0/s1. The summed E-state index contributed by atoms with van der Waals surface area (Å²) >= 11 is 0. The van der Waals surface area contributed by atoms with Crippen LogP contribution in [0.2, 0.25) is 0 Å². The predicted octanol–water partition coefficient (Wildman–Crippen LogP) is 3.09. The first kappa shape index (κ1) is 30.7. The van der Waals surface area contributed by atoms with Gasteiger partial charge in [-0.1, -0.05) is 30.3 Å². The highest BCUT2D eigenvalue weighted by molar-refractivity contribution is 7.89. The molecule has 44 heavy (non-hydrogen) atoms. The monoisotopic (exact) mass is 622 g/mol. The minimum absolute atomic E-state index is 0.0260. The van der Waals surface area contributed by atoms with Crippen LogP contribution in [0.25, 0.3) is 0 Å². The van der Waals surface area contributed by atoms with Gasteiger partial charge in [0.25, 0.3) is 11.8 Å². The van der Waals surface area contributed by atoms with Crippen LogP contribution in [0.4, 0.5) is 20.3 Å². The molecule has 3 amide bonds. The molecule has 14 heteroatoms. The quantitative estimate of drug-likeness (QED) is 0.389. The van der Waals surface area contributed by atoms with Crippen LogP contribution in [0.5, 0.6) is 0 Å². The zero-order valence-electron chi connectivity index (χ0n) is 23.5. The fourth-order valence-corrected chi connectivity index (χ4v) is 6.09. The number of nitrogens with two attached hydrogens (primary N) is 1. The van der Waals surface area contributed by atoms with Gasteiger partial charge < -0.3 is 5.32 Å². The number of anilines is 2. The maximum absolute atomic E-state index is 14.7. The molecule has 1 aliphatic heterocycles. The van der Waals surface area contributed by atoms with Crippen LogP contribution < -0.4 is 20.3 Å². The summed E-state index contributed by atoms with van der Waals surface area (Å²) in [6.45, 7) is 1.71. The lowest BCUT2D eigenvalue weighted by molar-refractivity contribution is -0.133. The molecule has 1 saturated heterocycles. The first-order chi connectivity index (χ1) is 20.8. The fourth-order valence-electron chi connectivity index (χ4n) is 5.53. The Kier molecular flexibility index (Phi) is 8.19. The van der Waals surface area contributed by atoms with E-state index in [1.165, 1.54) is 36.5 Å². The van der Waals surface area contributed by atoms with Gasteiger partial charge in [0.1, 0.15) is 17.9 Å². The van der Waals surface area contributed by atoms with Crippen LogP contribution >= 0.6 is 0 Å². The van der Waals surface area contributed by atoms with Crippen molar-refractivity contribution in [3.63, 3.8) is 0 Å². The largest absolute Gasteiger partial charge is 0.351 e. The molecule has 2 aromatic carbocycles. The lowest BCUT2D eigenvalue weighted by Gasteiger charge is -2.39. The summed E-state index contributed by atoms with van der Waals surface area (Å²) in [4.78, 5) is 47.8. The number of halogens is 2. The van der Waals surface area contributed by atoms with Crippen LogP contribution in [-0.4, -0.2) is 49.1 Å². The Labute approximate surface area is 252 Å². The van der Waals surface area contributed by atoms with Crippen molar-refractivity contribution in [3.05, 3.63) is 83.6 Å². The summed E-state index contributed by atoms with van der Waals surface area (Å²) in [5.74, 6) is -4.84. The number of carbonyl (C=O) groups is 3. The van der Waals surface area contributed by atoms with Crippen molar-refractivity contribution in [3.8, 4) is 6.07 Å². The second kappa shape index (κ2) is 11.7. The first-order valence-electron chi connectivity index (χ1n) is 13.7. The molecular weight excluding hydrogens is 594 g/mol. The van der Waals surface area contributed by atoms with Gasteiger partial charge >= 0.3 is 0 Å². The molecule has 228 valence electrons. The molecule has 1 aromatic heterocycles. The summed E-state index contributed by atoms with van der Waals surface area (Å²) < 4.78 is 52.0. The molecule has 3 N–H and O–H groups in total. The number of aromatic nitrogens is 1. The van der Waals surface area contributed by atoms with Crippen LogP contribution in [0, 0.1) is 18.3 Å². The fraction of sp³-hybridized carbons (Fsp3) is 0.300. The molecule has 0 bridgehead atoms. The smallest absolute Gasteiger partial charge is 0.252 e. The van der Waals surface area contributed by atoms with E-state index in [0.29, 0.717) is 11.1 Å². The van der Waals surface area contributed by atoms with E-state index in [0.717, 1.165) is 15.9 Å². The number of aryl methyl sites for hydroxylation is 1. The van der Waals surface area contributed by atoms with Crippen molar-refractivity contribution in [1.29, 1.82) is 5.26 Å². The molecule has 2 atom stereocenters. The van der Waals surface area contributed by atoms with Crippen molar-refractivity contribution in [2.24, 2.45) is 5.14 Å². The van der Waals surface area contributed by atoms with Gasteiger partial charge in [-0.15, -0.1) is 0 Å². The third kappa shape index (κ3) is 6.15. The second-order valence-corrected chi connectivity index (χ2v) is 12.4. The molecule has 2 aliphatic rings. The summed E-state index contributed by atoms with van der Waals surface area (Å²) in [6, 6.07) is 13.1. The Balaban J connectivity index is 1.66. The number of alkyl halides is 2. The van der Waals surface area contributed by atoms with E-state index >= 15 is 0 Å². The molecular formula is C30H28F2N6O5S. The minimum atomic E-state index is -4.25. The summed E-state index contributed by atoms with van der Waals surface area (Å²) in [6.07, 6.45) is 0.170. The van der Waals surface area contributed by atoms with Crippen molar-refractivity contribution in [2.45, 2.75) is 61.6 Å². The Bertz CT molecular complexity index is 1790. The summed E-state index contributed by atoms with van der Waals surface area (Å²) in [5.41, 5.74) is 1.12. The van der Waals surface area contributed by atoms with E-state index in [4.69, 9.17) is 5.14 Å². The van der Waals surface area contributed by atoms with Crippen LogP contribution in [0.3, 0.4) is 0 Å². The number of hydrogen-bond acceptors (Lipinski definition) is 7. The molecule has 3 aromatic rings. The molecule has 11 nitrogen and oxygen atoms in total. The number of nitrogens with one attached hydrogen (secondary N) is 1. The Morgan fingerprint density at radius 2 is 1.89 bits per heavy atom. The number of pyridine rings is 1. The van der Waals surface area contributed by atoms with Crippen LogP contribution in [0.15, 0.2) is 71.8 Å².